The van der Waals surface area contributed by atoms with E-state index in [2.05, 4.69) is 4.84 Å². The SMILES string of the molecule is CC(C)ON(CCCN(OC(N)=O)C(=O)O)S(=O)(=O)c1ccc(-c2ccccc2)cc1. The van der Waals surface area contributed by atoms with Crippen LogP contribution in [0.4, 0.5) is 9.59 Å². The minimum atomic E-state index is -4.02. The van der Waals surface area contributed by atoms with Gasteiger partial charge in [0.15, 0.2) is 0 Å². The van der Waals surface area contributed by atoms with E-state index in [1.807, 2.05) is 30.3 Å². The Labute approximate surface area is 180 Å². The maximum absolute atomic E-state index is 13.1. The predicted molar refractivity (Wildman–Crippen MR) is 112 cm³/mol. The van der Waals surface area contributed by atoms with Gasteiger partial charge in [0.25, 0.3) is 10.0 Å². The molecule has 0 bridgehead atoms. The van der Waals surface area contributed by atoms with Gasteiger partial charge in [0.1, 0.15) is 0 Å². The summed E-state index contributed by atoms with van der Waals surface area (Å²) in [5, 5.41) is 9.35. The highest BCUT2D eigenvalue weighted by Crippen LogP contribution is 2.23. The van der Waals surface area contributed by atoms with E-state index >= 15 is 0 Å². The van der Waals surface area contributed by atoms with Crippen LogP contribution in [0.5, 0.6) is 0 Å². The predicted octanol–water partition coefficient (Wildman–Crippen LogP) is 3.06. The van der Waals surface area contributed by atoms with Crippen LogP contribution in [-0.4, -0.2) is 54.4 Å². The van der Waals surface area contributed by atoms with Crippen molar-refractivity contribution in [1.29, 1.82) is 0 Å². The van der Waals surface area contributed by atoms with E-state index in [9.17, 15) is 18.0 Å². The highest BCUT2D eigenvalue weighted by atomic mass is 32.2. The molecule has 11 heteroatoms. The fourth-order valence-corrected chi connectivity index (χ4v) is 4.03. The number of carboxylic acid groups (broad SMARTS) is 1. The van der Waals surface area contributed by atoms with Gasteiger partial charge in [-0.3, -0.25) is 4.84 Å². The minimum absolute atomic E-state index is 0.00632. The molecule has 2 aromatic rings. The first-order valence-electron chi connectivity index (χ1n) is 9.44. The fourth-order valence-electron chi connectivity index (χ4n) is 2.66. The molecule has 2 amide bonds. The molecule has 0 fully saturated rings. The summed E-state index contributed by atoms with van der Waals surface area (Å²) in [5.41, 5.74) is 6.64. The lowest BCUT2D eigenvalue weighted by Crippen LogP contribution is -2.39. The molecule has 0 atom stereocenters. The molecule has 0 aliphatic carbocycles. The monoisotopic (exact) mass is 451 g/mol. The van der Waals surface area contributed by atoms with Crippen molar-refractivity contribution in [2.24, 2.45) is 5.73 Å². The van der Waals surface area contributed by atoms with Crippen molar-refractivity contribution >= 4 is 22.2 Å². The average molecular weight is 452 g/mol. The van der Waals surface area contributed by atoms with Crippen LogP contribution in [0.2, 0.25) is 0 Å². The standard InChI is InChI=1S/C20H25N3O7S/c1-15(2)29-23(14-6-13-22(20(25)26)30-19(21)24)31(27,28)18-11-9-17(10-12-18)16-7-4-3-5-8-16/h3-5,7-12,15H,6,13-14H2,1-2H3,(H2,21,24)(H,25,26). The zero-order chi connectivity index (χ0) is 23.0. The quantitative estimate of drug-likeness (QED) is 0.558. The number of nitrogens with zero attached hydrogens (tertiary/aromatic N) is 2. The second-order valence-electron chi connectivity index (χ2n) is 6.72. The van der Waals surface area contributed by atoms with E-state index in [1.54, 1.807) is 26.0 Å². The molecule has 0 aliphatic heterocycles. The minimum Gasteiger partial charge on any atom is -0.463 e. The molecule has 0 spiro atoms. The van der Waals surface area contributed by atoms with Crippen LogP contribution in [0.1, 0.15) is 20.3 Å². The summed E-state index contributed by atoms with van der Waals surface area (Å²) in [7, 11) is -4.02. The summed E-state index contributed by atoms with van der Waals surface area (Å²) >= 11 is 0. The number of carbonyl (C=O) groups is 2. The first-order chi connectivity index (χ1) is 14.6. The highest BCUT2D eigenvalue weighted by molar-refractivity contribution is 7.89. The molecule has 10 nitrogen and oxygen atoms in total. The molecule has 3 N–H and O–H groups in total. The summed E-state index contributed by atoms with van der Waals surface area (Å²) in [4.78, 5) is 31.7. The normalized spacial score (nSPS) is 11.5. The Hall–Kier alpha value is -3.15. The summed E-state index contributed by atoms with van der Waals surface area (Å²) in [6.07, 6.45) is -3.28. The van der Waals surface area contributed by atoms with Crippen molar-refractivity contribution in [3.05, 3.63) is 54.6 Å². The number of hydroxylamine groups is 3. The topological polar surface area (TPSA) is 139 Å². The molecule has 0 radical (unpaired) electrons. The largest absolute Gasteiger partial charge is 0.463 e. The van der Waals surface area contributed by atoms with Gasteiger partial charge in [-0.25, -0.2) is 18.0 Å². The molecule has 2 rings (SSSR count). The van der Waals surface area contributed by atoms with Crippen molar-refractivity contribution < 1.29 is 32.8 Å². The smallest absolute Gasteiger partial charge is 0.440 e. The van der Waals surface area contributed by atoms with Crippen LogP contribution in [-0.2, 0) is 19.7 Å². The maximum atomic E-state index is 13.1. The number of hydrogen-bond donors (Lipinski definition) is 2. The lowest BCUT2D eigenvalue weighted by Gasteiger charge is -2.24. The first kappa shape index (κ1) is 24.1. The second-order valence-corrected chi connectivity index (χ2v) is 8.55. The molecule has 0 saturated heterocycles. The summed E-state index contributed by atoms with van der Waals surface area (Å²) in [5.74, 6) is 0. The third-order valence-corrected chi connectivity index (χ3v) is 5.64. The Kier molecular flexibility index (Phi) is 8.37. The van der Waals surface area contributed by atoms with Crippen molar-refractivity contribution in [2.45, 2.75) is 31.3 Å². The summed E-state index contributed by atoms with van der Waals surface area (Å²) < 4.78 is 26.9. The molecule has 0 heterocycles. The van der Waals surface area contributed by atoms with Crippen molar-refractivity contribution in [3.63, 3.8) is 0 Å². The Bertz CT molecular complexity index is 980. The highest BCUT2D eigenvalue weighted by Gasteiger charge is 2.27. The first-order valence-corrected chi connectivity index (χ1v) is 10.9. The van der Waals surface area contributed by atoms with Crippen LogP contribution in [0.15, 0.2) is 59.5 Å². The van der Waals surface area contributed by atoms with Gasteiger partial charge in [0, 0.05) is 6.54 Å². The summed E-state index contributed by atoms with van der Waals surface area (Å²) in [6, 6.07) is 15.9. The number of primary amides is 1. The van der Waals surface area contributed by atoms with Crippen molar-refractivity contribution in [1.82, 2.24) is 9.53 Å². The number of rotatable bonds is 9. The van der Waals surface area contributed by atoms with Crippen LogP contribution in [0.3, 0.4) is 0 Å². The Morgan fingerprint density at radius 1 is 1.00 bits per heavy atom. The number of nitrogens with two attached hydrogens (primary N) is 1. The zero-order valence-electron chi connectivity index (χ0n) is 17.2. The van der Waals surface area contributed by atoms with Gasteiger partial charge in [-0.1, -0.05) is 46.9 Å². The molecular weight excluding hydrogens is 426 g/mol. The van der Waals surface area contributed by atoms with Gasteiger partial charge in [0.2, 0.25) is 0 Å². The van der Waals surface area contributed by atoms with E-state index in [4.69, 9.17) is 15.7 Å². The maximum Gasteiger partial charge on any atom is 0.440 e. The Morgan fingerprint density at radius 2 is 1.58 bits per heavy atom. The van der Waals surface area contributed by atoms with E-state index < -0.39 is 28.3 Å². The second kappa shape index (κ2) is 10.8. The van der Waals surface area contributed by atoms with Gasteiger partial charge in [-0.2, -0.15) is 0 Å². The lowest BCUT2D eigenvalue weighted by molar-refractivity contribution is -0.124. The van der Waals surface area contributed by atoms with E-state index in [0.29, 0.717) is 5.06 Å². The van der Waals surface area contributed by atoms with Crippen LogP contribution < -0.4 is 5.73 Å². The molecule has 0 saturated carbocycles. The molecule has 2 aromatic carbocycles. The van der Waals surface area contributed by atoms with Crippen molar-refractivity contribution in [2.75, 3.05) is 13.1 Å². The van der Waals surface area contributed by atoms with Crippen LogP contribution >= 0.6 is 0 Å². The van der Waals surface area contributed by atoms with Crippen LogP contribution in [0, 0.1) is 0 Å². The van der Waals surface area contributed by atoms with Gasteiger partial charge in [0.05, 0.1) is 17.5 Å². The lowest BCUT2D eigenvalue weighted by atomic mass is 10.1. The number of benzene rings is 2. The van der Waals surface area contributed by atoms with E-state index in [1.165, 1.54) is 12.1 Å². The average Bonchev–Trinajstić information content (AvgIpc) is 2.72. The number of hydrogen-bond acceptors (Lipinski definition) is 6. The van der Waals surface area contributed by atoms with Crippen LogP contribution in [0.25, 0.3) is 11.1 Å². The number of amides is 2. The third kappa shape index (κ3) is 6.95. The molecule has 0 aromatic heterocycles. The number of carbonyl (C=O) groups excluding carboxylic acids is 1. The van der Waals surface area contributed by atoms with Gasteiger partial charge in [-0.15, -0.1) is 5.06 Å². The molecule has 0 aliphatic rings. The van der Waals surface area contributed by atoms with Gasteiger partial charge < -0.3 is 15.7 Å². The molecule has 0 unspecified atom stereocenters. The van der Waals surface area contributed by atoms with Gasteiger partial charge >= 0.3 is 12.2 Å². The van der Waals surface area contributed by atoms with E-state index in [-0.39, 0.29) is 24.4 Å². The zero-order valence-corrected chi connectivity index (χ0v) is 18.0. The summed E-state index contributed by atoms with van der Waals surface area (Å²) in [6.45, 7) is 2.87. The number of sulfonamides is 1. The van der Waals surface area contributed by atoms with Crippen molar-refractivity contribution in [3.8, 4) is 11.1 Å². The molecular formula is C20H25N3O7S. The third-order valence-electron chi connectivity index (χ3n) is 3.97. The van der Waals surface area contributed by atoms with Gasteiger partial charge in [-0.05, 0) is 43.5 Å². The molecule has 168 valence electrons. The Morgan fingerprint density at radius 3 is 2.10 bits per heavy atom. The fraction of sp³-hybridized carbons (Fsp3) is 0.300. The Balaban J connectivity index is 2.16. The molecule has 31 heavy (non-hydrogen) atoms. The van der Waals surface area contributed by atoms with E-state index in [0.717, 1.165) is 15.6 Å².